The molecule has 0 fully saturated rings. The normalized spacial score (nSPS) is 12.5. The summed E-state index contributed by atoms with van der Waals surface area (Å²) in [7, 11) is 1.57. The molecule has 3 unspecified atom stereocenters. The molecule has 0 spiro atoms. The van der Waals surface area contributed by atoms with Crippen molar-refractivity contribution in [3.8, 4) is 0 Å². The Morgan fingerprint density at radius 1 is 0.559 bits per heavy atom. The zero-order chi connectivity index (χ0) is 52.6. The molecule has 0 bridgehead atoms. The van der Waals surface area contributed by atoms with Gasteiger partial charge in [0.1, 0.15) is 30.2 Å². The van der Waals surface area contributed by atoms with E-state index in [1.54, 1.807) is 20.9 Å². The highest BCUT2D eigenvalue weighted by atomic mass is 16.5. The van der Waals surface area contributed by atoms with Gasteiger partial charge in [-0.15, -0.1) is 0 Å². The Kier molecular flexibility index (Phi) is 40.4. The van der Waals surface area contributed by atoms with E-state index in [4.69, 9.17) is 19.0 Å². The second kappa shape index (κ2) is 41.4. The molecule has 0 aliphatic heterocycles. The van der Waals surface area contributed by atoms with Crippen LogP contribution in [0.5, 0.6) is 0 Å². The van der Waals surface area contributed by atoms with Crippen LogP contribution >= 0.6 is 0 Å². The van der Waals surface area contributed by atoms with Crippen LogP contribution in [-0.4, -0.2) is 155 Å². The van der Waals surface area contributed by atoms with E-state index in [-0.39, 0.29) is 103 Å². The third kappa shape index (κ3) is 35.4. The topological polar surface area (TPSA) is 305 Å². The summed E-state index contributed by atoms with van der Waals surface area (Å²) in [5, 5.41) is 39.0. The zero-order valence-electron chi connectivity index (χ0n) is 41.6. The first kappa shape index (κ1) is 66.4. The van der Waals surface area contributed by atoms with Crippen molar-refractivity contribution in [3.63, 3.8) is 0 Å². The quantitative estimate of drug-likeness (QED) is 0.0104. The number of ketones is 1. The standard InChI is InChI=1S/C42H68N6O15.C2H4O.C2H6/c1-8-29(2)17-23-62-42(57)36(45-37(52)16-15-32(5)50)14-11-22-48(60)39(54)27-31(4)19-25-63-41(56)35(44-33(6)51)13-10-21-47(59)38(53)26-30(3)18-24-61-40(55)34(43-7)12-9-20-46(58)28-49;1-2-3;1-2/h8,26-28,34-36,43,58-60H,9-25H2,1-7H3,(H,44,51)(H,45,52);2H,1H3;1-2H3/b29-8-,30-26-,31-27-;;. The van der Waals surface area contributed by atoms with Gasteiger partial charge in [0, 0.05) is 70.8 Å². The molecule has 68 heavy (non-hydrogen) atoms. The minimum Gasteiger partial charge on any atom is -0.464 e. The predicted octanol–water partition coefficient (Wildman–Crippen LogP) is 3.45. The van der Waals surface area contributed by atoms with E-state index >= 15 is 0 Å². The summed E-state index contributed by atoms with van der Waals surface area (Å²) < 4.78 is 15.9. The fraction of sp³-hybridized carbons (Fsp3) is 0.652. The van der Waals surface area contributed by atoms with Crippen LogP contribution in [-0.2, 0) is 62.2 Å². The van der Waals surface area contributed by atoms with Crippen LogP contribution in [0.15, 0.2) is 34.9 Å². The number of hydrogen-bond donors (Lipinski definition) is 6. The molecule has 0 heterocycles. The number of Topliss-reactive ketones (excluding diaryl/α,β-unsaturated/α-hetero) is 1. The Morgan fingerprint density at radius 3 is 1.32 bits per heavy atom. The van der Waals surface area contributed by atoms with Gasteiger partial charge in [-0.3, -0.25) is 44.4 Å². The summed E-state index contributed by atoms with van der Waals surface area (Å²) in [6.07, 6.45) is 6.77. The van der Waals surface area contributed by atoms with Crippen molar-refractivity contribution in [2.75, 3.05) is 46.5 Å². The minimum atomic E-state index is -1.11. The fourth-order valence-electron chi connectivity index (χ4n) is 5.40. The molecule has 0 aromatic rings. The van der Waals surface area contributed by atoms with Crippen LogP contribution in [0, 0.1) is 0 Å². The number of aldehydes is 1. The van der Waals surface area contributed by atoms with Gasteiger partial charge in [-0.05, 0) is 87.1 Å². The van der Waals surface area contributed by atoms with Crippen LogP contribution in [0.25, 0.3) is 0 Å². The Balaban J connectivity index is -0.00000809. The molecule has 6 N–H and O–H groups in total. The van der Waals surface area contributed by atoms with Gasteiger partial charge in [0.05, 0.1) is 19.8 Å². The molecule has 0 aromatic heterocycles. The molecule has 0 rings (SSSR count). The smallest absolute Gasteiger partial charge is 0.328 e. The zero-order valence-corrected chi connectivity index (χ0v) is 41.6. The highest BCUT2D eigenvalue weighted by Crippen LogP contribution is 2.10. The molecular weight excluding hydrogens is 893 g/mol. The van der Waals surface area contributed by atoms with Gasteiger partial charge in [-0.25, -0.2) is 24.8 Å². The minimum absolute atomic E-state index is 0.00282. The van der Waals surface area contributed by atoms with Crippen molar-refractivity contribution in [1.29, 1.82) is 0 Å². The van der Waals surface area contributed by atoms with E-state index in [2.05, 4.69) is 16.0 Å². The SMILES string of the molecule is C/C=C(/C)CCOC(=O)C(CCCN(O)C(=O)/C=C(/C)CCOC(=O)C(CCCN(O)C(=O)/C=C(/C)CCOC(=O)C(CCCN(O)C=O)NC)NC(C)=O)NC(=O)CCC(C)=O.CC.CC=O. The predicted molar refractivity (Wildman–Crippen MR) is 248 cm³/mol. The first-order chi connectivity index (χ1) is 32.1. The van der Waals surface area contributed by atoms with Crippen molar-refractivity contribution < 1.29 is 77.8 Å². The number of likely N-dealkylation sites (N-methyl/N-ethyl adjacent to an activating group) is 1. The molecule has 388 valence electrons. The summed E-state index contributed by atoms with van der Waals surface area (Å²) in [4.78, 5) is 118. The van der Waals surface area contributed by atoms with Crippen LogP contribution in [0.3, 0.4) is 0 Å². The van der Waals surface area contributed by atoms with E-state index < -0.39 is 59.7 Å². The largest absolute Gasteiger partial charge is 0.464 e. The maximum atomic E-state index is 12.8. The van der Waals surface area contributed by atoms with Gasteiger partial charge in [0.25, 0.3) is 11.8 Å². The van der Waals surface area contributed by atoms with Crippen molar-refractivity contribution >= 4 is 60.0 Å². The number of esters is 3. The molecule has 22 heteroatoms. The average molecular weight is 971 g/mol. The number of hydroxylamine groups is 6. The molecule has 0 aliphatic carbocycles. The average Bonchev–Trinajstić information content (AvgIpc) is 3.29. The summed E-state index contributed by atoms with van der Waals surface area (Å²) in [5.74, 6) is -4.77. The van der Waals surface area contributed by atoms with Crippen molar-refractivity contribution in [3.05, 3.63) is 34.9 Å². The number of amides is 5. The molecule has 0 aromatic carbocycles. The van der Waals surface area contributed by atoms with Crippen LogP contribution in [0.1, 0.15) is 133 Å². The molecule has 0 radical (unpaired) electrons. The van der Waals surface area contributed by atoms with Crippen LogP contribution < -0.4 is 16.0 Å². The fourth-order valence-corrected chi connectivity index (χ4v) is 5.40. The molecule has 22 nitrogen and oxygen atoms in total. The lowest BCUT2D eigenvalue weighted by Gasteiger charge is -2.19. The van der Waals surface area contributed by atoms with Gasteiger partial charge in [0.15, 0.2) is 0 Å². The number of allylic oxidation sites excluding steroid dienone is 1. The van der Waals surface area contributed by atoms with Gasteiger partial charge in [-0.2, -0.15) is 0 Å². The van der Waals surface area contributed by atoms with Gasteiger partial charge < -0.3 is 39.8 Å². The van der Waals surface area contributed by atoms with E-state index in [0.717, 1.165) is 17.9 Å². The van der Waals surface area contributed by atoms with Crippen molar-refractivity contribution in [2.45, 2.75) is 151 Å². The van der Waals surface area contributed by atoms with Crippen molar-refractivity contribution in [2.24, 2.45) is 0 Å². The Morgan fingerprint density at radius 2 is 0.941 bits per heavy atom. The summed E-state index contributed by atoms with van der Waals surface area (Å²) >= 11 is 0. The summed E-state index contributed by atoms with van der Waals surface area (Å²) in [5.41, 5.74) is 1.96. The lowest BCUT2D eigenvalue weighted by molar-refractivity contribution is -0.160. The Bertz CT molecular complexity index is 1670. The number of carbonyl (C=O) groups is 10. The summed E-state index contributed by atoms with van der Waals surface area (Å²) in [6.45, 7) is 14.5. The Labute approximate surface area is 400 Å². The lowest BCUT2D eigenvalue weighted by Crippen LogP contribution is -2.42. The highest BCUT2D eigenvalue weighted by molar-refractivity contribution is 5.88. The van der Waals surface area contributed by atoms with E-state index in [1.165, 1.54) is 26.8 Å². The second-order valence-corrected chi connectivity index (χ2v) is 15.1. The van der Waals surface area contributed by atoms with E-state index in [0.29, 0.717) is 45.6 Å². The van der Waals surface area contributed by atoms with Crippen LogP contribution in [0.2, 0.25) is 0 Å². The highest BCUT2D eigenvalue weighted by Gasteiger charge is 2.24. The number of nitrogens with zero attached hydrogens (tertiary/aromatic N) is 3. The third-order valence-electron chi connectivity index (χ3n) is 9.31. The van der Waals surface area contributed by atoms with E-state index in [9.17, 15) is 58.8 Å². The number of rotatable bonds is 33. The number of hydrogen-bond acceptors (Lipinski definition) is 17. The maximum Gasteiger partial charge on any atom is 0.328 e. The van der Waals surface area contributed by atoms with Gasteiger partial charge in [0.2, 0.25) is 18.2 Å². The van der Waals surface area contributed by atoms with Crippen LogP contribution in [0.4, 0.5) is 0 Å². The monoisotopic (exact) mass is 971 g/mol. The third-order valence-corrected chi connectivity index (χ3v) is 9.31. The first-order valence-electron chi connectivity index (χ1n) is 22.7. The molecule has 0 aliphatic rings. The second-order valence-electron chi connectivity index (χ2n) is 15.1. The van der Waals surface area contributed by atoms with E-state index in [1.807, 2.05) is 33.8 Å². The number of nitrogens with one attached hydrogen (secondary N) is 3. The molecule has 0 saturated carbocycles. The number of carbonyl (C=O) groups excluding carboxylic acids is 10. The van der Waals surface area contributed by atoms with Gasteiger partial charge >= 0.3 is 17.9 Å². The first-order valence-corrected chi connectivity index (χ1v) is 22.7. The number of ether oxygens (including phenoxy) is 3. The van der Waals surface area contributed by atoms with Crippen molar-refractivity contribution in [1.82, 2.24) is 31.1 Å². The molecular formula is C46H78N6O16. The molecule has 5 amide bonds. The molecule has 3 atom stereocenters. The van der Waals surface area contributed by atoms with Gasteiger partial charge in [-0.1, -0.05) is 36.6 Å². The summed E-state index contributed by atoms with van der Waals surface area (Å²) in [6, 6.07) is -2.84. The lowest BCUT2D eigenvalue weighted by atomic mass is 10.1. The molecule has 0 saturated heterocycles. The Hall–Kier alpha value is -5.84. The maximum absolute atomic E-state index is 12.8.